The summed E-state index contributed by atoms with van der Waals surface area (Å²) in [5.74, 6) is -2.47. The van der Waals surface area contributed by atoms with Crippen molar-refractivity contribution in [2.45, 2.75) is 6.54 Å². The van der Waals surface area contributed by atoms with Crippen molar-refractivity contribution < 1.29 is 28.3 Å². The third-order valence-electron chi connectivity index (χ3n) is 4.00. The molecule has 1 heterocycles. The molecule has 9 heteroatoms. The molecular weight excluding hydrogens is 368 g/mol. The lowest BCUT2D eigenvalue weighted by Gasteiger charge is -2.09. The molecule has 0 aliphatic heterocycles. The molecule has 0 aliphatic rings. The molecule has 0 unspecified atom stereocenters. The van der Waals surface area contributed by atoms with Crippen molar-refractivity contribution in [3.8, 4) is 0 Å². The van der Waals surface area contributed by atoms with Gasteiger partial charge in [-0.25, -0.2) is 14.4 Å². The quantitative estimate of drug-likeness (QED) is 0.667. The van der Waals surface area contributed by atoms with Crippen molar-refractivity contribution >= 4 is 34.6 Å². The maximum Gasteiger partial charge on any atom is 0.420 e. The minimum absolute atomic E-state index is 0.149. The van der Waals surface area contributed by atoms with Crippen LogP contribution in [0.2, 0.25) is 0 Å². The SMILES string of the molecule is COC(=O)c1ccc2c(c1)oc(=O)n2CC(=O)Nc1ccccc1C(=O)OC. The number of amides is 1. The van der Waals surface area contributed by atoms with Gasteiger partial charge in [0.1, 0.15) is 6.54 Å². The third kappa shape index (κ3) is 3.63. The normalized spacial score (nSPS) is 10.5. The van der Waals surface area contributed by atoms with Crippen molar-refractivity contribution in [2.24, 2.45) is 0 Å². The number of para-hydroxylation sites is 1. The predicted octanol–water partition coefficient (Wildman–Crippen LogP) is 1.81. The van der Waals surface area contributed by atoms with E-state index in [9.17, 15) is 19.2 Å². The number of hydrogen-bond acceptors (Lipinski definition) is 7. The fraction of sp³-hybridized carbons (Fsp3) is 0.158. The number of hydrogen-bond donors (Lipinski definition) is 1. The molecule has 1 N–H and O–H groups in total. The van der Waals surface area contributed by atoms with E-state index in [0.29, 0.717) is 5.52 Å². The fourth-order valence-corrected chi connectivity index (χ4v) is 2.67. The first-order valence-electron chi connectivity index (χ1n) is 8.13. The van der Waals surface area contributed by atoms with Gasteiger partial charge in [0.25, 0.3) is 0 Å². The minimum atomic E-state index is -0.756. The topological polar surface area (TPSA) is 117 Å². The van der Waals surface area contributed by atoms with E-state index >= 15 is 0 Å². The Bertz CT molecular complexity index is 1130. The number of aromatic nitrogens is 1. The third-order valence-corrected chi connectivity index (χ3v) is 4.00. The average Bonchev–Trinajstić information content (AvgIpc) is 3.01. The summed E-state index contributed by atoms with van der Waals surface area (Å²) < 4.78 is 15.5. The standard InChI is InChI=1S/C19H16N2O7/c1-26-17(23)11-7-8-14-15(9-11)28-19(25)21(14)10-16(22)20-13-6-4-3-5-12(13)18(24)27-2/h3-9H,10H2,1-2H3,(H,20,22). The van der Waals surface area contributed by atoms with E-state index in [2.05, 4.69) is 14.8 Å². The summed E-state index contributed by atoms with van der Waals surface area (Å²) in [4.78, 5) is 47.9. The van der Waals surface area contributed by atoms with E-state index in [1.165, 1.54) is 38.5 Å². The molecule has 3 rings (SSSR count). The number of esters is 2. The van der Waals surface area contributed by atoms with Crippen LogP contribution in [0.5, 0.6) is 0 Å². The van der Waals surface area contributed by atoms with Gasteiger partial charge < -0.3 is 19.2 Å². The van der Waals surface area contributed by atoms with Crippen LogP contribution in [0.1, 0.15) is 20.7 Å². The second-order valence-corrected chi connectivity index (χ2v) is 5.71. The minimum Gasteiger partial charge on any atom is -0.465 e. The molecule has 0 radical (unpaired) electrons. The highest BCUT2D eigenvalue weighted by molar-refractivity contribution is 6.01. The average molecular weight is 384 g/mol. The lowest BCUT2D eigenvalue weighted by atomic mass is 10.2. The van der Waals surface area contributed by atoms with E-state index in [4.69, 9.17) is 4.42 Å². The van der Waals surface area contributed by atoms with E-state index < -0.39 is 23.6 Å². The van der Waals surface area contributed by atoms with Crippen LogP contribution in [0.3, 0.4) is 0 Å². The molecule has 0 saturated carbocycles. The summed E-state index contributed by atoms with van der Waals surface area (Å²) in [5, 5.41) is 2.58. The Morgan fingerprint density at radius 1 is 1.04 bits per heavy atom. The summed E-state index contributed by atoms with van der Waals surface area (Å²) in [6, 6.07) is 10.7. The van der Waals surface area contributed by atoms with Gasteiger partial charge in [0, 0.05) is 0 Å². The van der Waals surface area contributed by atoms with Crippen LogP contribution >= 0.6 is 0 Å². The van der Waals surface area contributed by atoms with Gasteiger partial charge in [-0.3, -0.25) is 9.36 Å². The number of ether oxygens (including phenoxy) is 2. The Morgan fingerprint density at radius 3 is 2.46 bits per heavy atom. The molecule has 0 spiro atoms. The highest BCUT2D eigenvalue weighted by Crippen LogP contribution is 2.18. The number of carbonyl (C=O) groups excluding carboxylic acids is 3. The second kappa shape index (κ2) is 7.78. The van der Waals surface area contributed by atoms with Crippen LogP contribution in [-0.4, -0.2) is 36.6 Å². The number of benzene rings is 2. The predicted molar refractivity (Wildman–Crippen MR) is 98.2 cm³/mol. The number of rotatable bonds is 5. The maximum absolute atomic E-state index is 12.4. The zero-order valence-corrected chi connectivity index (χ0v) is 15.1. The Labute approximate surface area is 158 Å². The van der Waals surface area contributed by atoms with Gasteiger partial charge in [0.2, 0.25) is 5.91 Å². The first kappa shape index (κ1) is 18.9. The summed E-state index contributed by atoms with van der Waals surface area (Å²) in [6.07, 6.45) is 0. The van der Waals surface area contributed by atoms with Gasteiger partial charge in [0.15, 0.2) is 5.58 Å². The number of anilines is 1. The van der Waals surface area contributed by atoms with Gasteiger partial charge in [-0.05, 0) is 30.3 Å². The van der Waals surface area contributed by atoms with Crippen molar-refractivity contribution in [1.29, 1.82) is 0 Å². The Hall–Kier alpha value is -3.88. The lowest BCUT2D eigenvalue weighted by molar-refractivity contribution is -0.116. The van der Waals surface area contributed by atoms with Crippen LogP contribution in [0, 0.1) is 0 Å². The van der Waals surface area contributed by atoms with Crippen LogP contribution in [0.4, 0.5) is 5.69 Å². The van der Waals surface area contributed by atoms with Crippen molar-refractivity contribution in [3.63, 3.8) is 0 Å². The molecule has 0 bridgehead atoms. The molecule has 1 amide bonds. The van der Waals surface area contributed by atoms with Gasteiger partial charge in [-0.15, -0.1) is 0 Å². The summed E-state index contributed by atoms with van der Waals surface area (Å²) >= 11 is 0. The molecule has 2 aromatic carbocycles. The summed E-state index contributed by atoms with van der Waals surface area (Å²) in [6.45, 7) is -0.348. The lowest BCUT2D eigenvalue weighted by Crippen LogP contribution is -2.25. The molecule has 0 aliphatic carbocycles. The summed E-state index contributed by atoms with van der Waals surface area (Å²) in [7, 11) is 2.48. The van der Waals surface area contributed by atoms with Crippen molar-refractivity contribution in [2.75, 3.05) is 19.5 Å². The molecule has 1 aromatic heterocycles. The van der Waals surface area contributed by atoms with E-state index in [1.807, 2.05) is 0 Å². The van der Waals surface area contributed by atoms with E-state index in [0.717, 1.165) is 4.57 Å². The van der Waals surface area contributed by atoms with Gasteiger partial charge in [-0.2, -0.15) is 0 Å². The van der Waals surface area contributed by atoms with Gasteiger partial charge in [-0.1, -0.05) is 12.1 Å². The van der Waals surface area contributed by atoms with Crippen LogP contribution in [0.25, 0.3) is 11.1 Å². The Morgan fingerprint density at radius 2 is 1.75 bits per heavy atom. The first-order chi connectivity index (χ1) is 13.4. The zero-order chi connectivity index (χ0) is 20.3. The molecular formula is C19H16N2O7. The number of carbonyl (C=O) groups is 3. The molecule has 28 heavy (non-hydrogen) atoms. The number of oxazole rings is 1. The monoisotopic (exact) mass is 384 g/mol. The molecule has 3 aromatic rings. The van der Waals surface area contributed by atoms with Crippen molar-refractivity contribution in [3.05, 3.63) is 64.1 Å². The first-order valence-corrected chi connectivity index (χ1v) is 8.13. The van der Waals surface area contributed by atoms with Crippen LogP contribution in [0.15, 0.2) is 51.7 Å². The van der Waals surface area contributed by atoms with E-state index in [1.54, 1.807) is 18.2 Å². The number of methoxy groups -OCH3 is 2. The number of fused-ring (bicyclic) bond motifs is 1. The van der Waals surface area contributed by atoms with Crippen LogP contribution < -0.4 is 11.1 Å². The molecule has 0 saturated heterocycles. The highest BCUT2D eigenvalue weighted by atomic mass is 16.5. The smallest absolute Gasteiger partial charge is 0.420 e. The van der Waals surface area contributed by atoms with Crippen molar-refractivity contribution in [1.82, 2.24) is 4.57 Å². The molecule has 0 atom stereocenters. The molecule has 144 valence electrons. The van der Waals surface area contributed by atoms with E-state index in [-0.39, 0.29) is 28.9 Å². The summed E-state index contributed by atoms with van der Waals surface area (Å²) in [5.41, 5.74) is 1.15. The molecule has 9 nitrogen and oxygen atoms in total. The fourth-order valence-electron chi connectivity index (χ4n) is 2.67. The highest BCUT2D eigenvalue weighted by Gasteiger charge is 2.17. The number of nitrogens with zero attached hydrogens (tertiary/aromatic N) is 1. The molecule has 0 fully saturated rings. The zero-order valence-electron chi connectivity index (χ0n) is 15.1. The van der Waals surface area contributed by atoms with Gasteiger partial charge >= 0.3 is 17.7 Å². The Balaban J connectivity index is 1.86. The largest absolute Gasteiger partial charge is 0.465 e. The number of nitrogens with one attached hydrogen (secondary N) is 1. The second-order valence-electron chi connectivity index (χ2n) is 5.71. The van der Waals surface area contributed by atoms with Crippen LogP contribution in [-0.2, 0) is 20.8 Å². The Kier molecular flexibility index (Phi) is 5.25. The van der Waals surface area contributed by atoms with Gasteiger partial charge in [0.05, 0.1) is 36.6 Å². The maximum atomic E-state index is 12.4.